The lowest BCUT2D eigenvalue weighted by Gasteiger charge is -2.26. The van der Waals surface area contributed by atoms with Crippen LogP contribution in [0.4, 0.5) is 0 Å². The second kappa shape index (κ2) is 8.94. The molecule has 5 heteroatoms. The number of nitrogens with one attached hydrogen (secondary N) is 2. The van der Waals surface area contributed by atoms with Gasteiger partial charge in [-0.05, 0) is 49.0 Å². The lowest BCUT2D eigenvalue weighted by molar-refractivity contribution is 0.0702. The predicted molar refractivity (Wildman–Crippen MR) is 101 cm³/mol. The summed E-state index contributed by atoms with van der Waals surface area (Å²) < 4.78 is 0. The van der Waals surface area contributed by atoms with Crippen molar-refractivity contribution in [2.45, 2.75) is 30.9 Å². The maximum atomic E-state index is 12.9. The zero-order chi connectivity index (χ0) is 18.4. The van der Waals surface area contributed by atoms with E-state index in [0.717, 1.165) is 31.5 Å². The Hall–Kier alpha value is -2.21. The molecule has 0 radical (unpaired) electrons. The number of aliphatic hydroxyl groups is 2. The van der Waals surface area contributed by atoms with Crippen LogP contribution in [-0.2, 0) is 0 Å². The van der Waals surface area contributed by atoms with Crippen molar-refractivity contribution < 1.29 is 15.0 Å². The Kier molecular flexibility index (Phi) is 6.39. The zero-order valence-corrected chi connectivity index (χ0v) is 14.8. The molecule has 0 aromatic heterocycles. The highest BCUT2D eigenvalue weighted by Gasteiger charge is 2.25. The zero-order valence-electron chi connectivity index (χ0n) is 14.8. The topological polar surface area (TPSA) is 81.6 Å². The molecule has 5 nitrogen and oxygen atoms in total. The first-order valence-corrected chi connectivity index (χ1v) is 9.15. The molecule has 2 aromatic carbocycles. The molecular weight excluding hydrogens is 328 g/mol. The molecule has 3 rings (SSSR count). The van der Waals surface area contributed by atoms with Crippen molar-refractivity contribution in [3.63, 3.8) is 0 Å². The van der Waals surface area contributed by atoms with Gasteiger partial charge >= 0.3 is 0 Å². The van der Waals surface area contributed by atoms with Gasteiger partial charge in [0, 0.05) is 5.56 Å². The summed E-state index contributed by atoms with van der Waals surface area (Å²) in [6, 6.07) is 15.9. The summed E-state index contributed by atoms with van der Waals surface area (Å²) in [5.41, 5.74) is 2.33. The summed E-state index contributed by atoms with van der Waals surface area (Å²) >= 11 is 0. The third-order valence-electron chi connectivity index (χ3n) is 5.02. The predicted octanol–water partition coefficient (Wildman–Crippen LogP) is 1.98. The van der Waals surface area contributed by atoms with Crippen molar-refractivity contribution in [1.82, 2.24) is 10.6 Å². The first-order valence-electron chi connectivity index (χ1n) is 9.15. The van der Waals surface area contributed by atoms with Gasteiger partial charge in [-0.25, -0.2) is 0 Å². The van der Waals surface area contributed by atoms with Crippen molar-refractivity contribution in [3.05, 3.63) is 71.3 Å². The van der Waals surface area contributed by atoms with E-state index in [-0.39, 0.29) is 12.5 Å². The minimum atomic E-state index is -0.962. The van der Waals surface area contributed by atoms with Gasteiger partial charge in [0.15, 0.2) is 0 Å². The summed E-state index contributed by atoms with van der Waals surface area (Å²) in [7, 11) is 0. The molecule has 1 aliphatic rings. The van der Waals surface area contributed by atoms with E-state index in [4.69, 9.17) is 0 Å². The Morgan fingerprint density at radius 3 is 2.42 bits per heavy atom. The van der Waals surface area contributed by atoms with Crippen molar-refractivity contribution >= 4 is 5.91 Å². The standard InChI is InChI=1S/C21H26N2O3/c24-14-19(20(25)16-6-2-1-3-7-16)23-21(26)18-9-5-4-8-17(18)15-10-12-22-13-11-15/h1-9,15,19-20,22,24-25H,10-14H2,(H,23,26)/t19?,20-/m0/s1. The van der Waals surface area contributed by atoms with Gasteiger partial charge in [0.1, 0.15) is 6.10 Å². The van der Waals surface area contributed by atoms with Crippen LogP contribution in [0.15, 0.2) is 54.6 Å². The smallest absolute Gasteiger partial charge is 0.251 e. The molecule has 0 bridgehead atoms. The average molecular weight is 354 g/mol. The molecule has 0 spiro atoms. The van der Waals surface area contributed by atoms with Crippen molar-refractivity contribution in [2.24, 2.45) is 0 Å². The van der Waals surface area contributed by atoms with Gasteiger partial charge in [0.05, 0.1) is 12.6 Å². The first-order chi connectivity index (χ1) is 12.7. The van der Waals surface area contributed by atoms with E-state index in [9.17, 15) is 15.0 Å². The van der Waals surface area contributed by atoms with Gasteiger partial charge in [-0.3, -0.25) is 4.79 Å². The Balaban J connectivity index is 1.76. The molecule has 1 fully saturated rings. The minimum Gasteiger partial charge on any atom is -0.394 e. The molecule has 1 saturated heterocycles. The van der Waals surface area contributed by atoms with Gasteiger partial charge in [-0.2, -0.15) is 0 Å². The molecule has 1 aliphatic heterocycles. The number of carbonyl (C=O) groups is 1. The molecule has 4 N–H and O–H groups in total. The van der Waals surface area contributed by atoms with Crippen LogP contribution in [0.2, 0.25) is 0 Å². The van der Waals surface area contributed by atoms with Gasteiger partial charge in [-0.15, -0.1) is 0 Å². The molecule has 2 aromatic rings. The van der Waals surface area contributed by atoms with Crippen LogP contribution in [0.3, 0.4) is 0 Å². The number of rotatable bonds is 6. The maximum Gasteiger partial charge on any atom is 0.251 e. The number of amides is 1. The highest BCUT2D eigenvalue weighted by Crippen LogP contribution is 2.28. The monoisotopic (exact) mass is 354 g/mol. The Bertz CT molecular complexity index is 714. The molecule has 0 aliphatic carbocycles. The molecule has 1 amide bonds. The van der Waals surface area contributed by atoms with Crippen LogP contribution in [-0.4, -0.2) is 41.9 Å². The Labute approximate surface area is 154 Å². The molecule has 26 heavy (non-hydrogen) atoms. The second-order valence-corrected chi connectivity index (χ2v) is 6.73. The third-order valence-corrected chi connectivity index (χ3v) is 5.02. The van der Waals surface area contributed by atoms with Gasteiger partial charge in [0.25, 0.3) is 5.91 Å². The van der Waals surface area contributed by atoms with E-state index >= 15 is 0 Å². The fraction of sp³-hybridized carbons (Fsp3) is 0.381. The van der Waals surface area contributed by atoms with Crippen molar-refractivity contribution in [3.8, 4) is 0 Å². The average Bonchev–Trinajstić information content (AvgIpc) is 2.72. The number of carbonyl (C=O) groups excluding carboxylic acids is 1. The van der Waals surface area contributed by atoms with Crippen LogP contribution in [0.1, 0.15) is 46.3 Å². The van der Waals surface area contributed by atoms with Gasteiger partial charge in [0.2, 0.25) is 0 Å². The molecule has 1 unspecified atom stereocenters. The molecule has 0 saturated carbocycles. The fourth-order valence-electron chi connectivity index (χ4n) is 3.55. The number of hydrogen-bond acceptors (Lipinski definition) is 4. The Morgan fingerprint density at radius 1 is 1.08 bits per heavy atom. The number of benzene rings is 2. The van der Waals surface area contributed by atoms with Gasteiger partial charge in [-0.1, -0.05) is 48.5 Å². The van der Waals surface area contributed by atoms with Crippen molar-refractivity contribution in [2.75, 3.05) is 19.7 Å². The van der Waals surface area contributed by atoms with E-state index in [0.29, 0.717) is 17.0 Å². The lowest BCUT2D eigenvalue weighted by atomic mass is 9.87. The van der Waals surface area contributed by atoms with E-state index < -0.39 is 12.1 Å². The van der Waals surface area contributed by atoms with E-state index in [1.165, 1.54) is 0 Å². The van der Waals surface area contributed by atoms with Crippen LogP contribution in [0, 0.1) is 0 Å². The molecule has 1 heterocycles. The van der Waals surface area contributed by atoms with E-state index in [1.54, 1.807) is 12.1 Å². The summed E-state index contributed by atoms with van der Waals surface area (Å²) in [5, 5.41) is 26.3. The van der Waals surface area contributed by atoms with Gasteiger partial charge < -0.3 is 20.8 Å². The maximum absolute atomic E-state index is 12.9. The van der Waals surface area contributed by atoms with E-state index in [2.05, 4.69) is 10.6 Å². The van der Waals surface area contributed by atoms with Crippen LogP contribution in [0.25, 0.3) is 0 Å². The minimum absolute atomic E-state index is 0.256. The highest BCUT2D eigenvalue weighted by molar-refractivity contribution is 5.96. The normalized spacial score (nSPS) is 17.5. The number of aliphatic hydroxyl groups excluding tert-OH is 2. The SMILES string of the molecule is O=C(NC(CO)[C@@H](O)c1ccccc1)c1ccccc1C1CCNCC1. The number of piperidine rings is 1. The summed E-state index contributed by atoms with van der Waals surface area (Å²) in [6.45, 7) is 1.57. The third kappa shape index (κ3) is 4.30. The fourth-order valence-corrected chi connectivity index (χ4v) is 3.55. The van der Waals surface area contributed by atoms with Crippen LogP contribution < -0.4 is 10.6 Å². The quantitative estimate of drug-likeness (QED) is 0.639. The highest BCUT2D eigenvalue weighted by atomic mass is 16.3. The summed E-state index contributed by atoms with van der Waals surface area (Å²) in [4.78, 5) is 12.9. The summed E-state index contributed by atoms with van der Waals surface area (Å²) in [5.74, 6) is 0.0954. The van der Waals surface area contributed by atoms with Crippen LogP contribution in [0.5, 0.6) is 0 Å². The van der Waals surface area contributed by atoms with E-state index in [1.807, 2.05) is 42.5 Å². The van der Waals surface area contributed by atoms with Crippen LogP contribution >= 0.6 is 0 Å². The molecule has 138 valence electrons. The van der Waals surface area contributed by atoms with Crippen molar-refractivity contribution in [1.29, 1.82) is 0 Å². The summed E-state index contributed by atoms with van der Waals surface area (Å²) in [6.07, 6.45) is 1.04. The first kappa shape index (κ1) is 18.6. The molecular formula is C21H26N2O3. The lowest BCUT2D eigenvalue weighted by Crippen LogP contribution is -2.42. The number of hydrogen-bond donors (Lipinski definition) is 4. The molecule has 2 atom stereocenters. The second-order valence-electron chi connectivity index (χ2n) is 6.73. The Morgan fingerprint density at radius 2 is 1.73 bits per heavy atom. The largest absolute Gasteiger partial charge is 0.394 e.